The number of nitrogens with one attached hydrogen (secondary N) is 1. The van der Waals surface area contributed by atoms with Crippen molar-refractivity contribution in [2.45, 2.75) is 25.3 Å². The molecule has 180 valence electrons. The molecule has 0 saturated carbocycles. The highest BCUT2D eigenvalue weighted by molar-refractivity contribution is 5.77. The van der Waals surface area contributed by atoms with Crippen molar-refractivity contribution in [1.82, 2.24) is 29.2 Å². The summed E-state index contributed by atoms with van der Waals surface area (Å²) in [6.45, 7) is 7.11. The standard InChI is InChI=1S/C26H29N7O2/c1-2-13-32-25(35)22-18-28-26(30-24(22)33(32)23-5-3-4-12-27-23)29-21-8-6-19(7-9-21)20-10-14-31(15-11-20)16-17-34/h2-9,12,18,20,34H,1,10-11,13-17H2,(H,28,29,30). The summed E-state index contributed by atoms with van der Waals surface area (Å²) in [6, 6.07) is 13.9. The van der Waals surface area contributed by atoms with E-state index in [1.54, 1.807) is 27.8 Å². The van der Waals surface area contributed by atoms with Crippen LogP contribution in [0.5, 0.6) is 0 Å². The molecule has 1 saturated heterocycles. The number of fused-ring (bicyclic) bond motifs is 1. The van der Waals surface area contributed by atoms with Gasteiger partial charge < -0.3 is 15.3 Å². The molecule has 0 unspecified atom stereocenters. The molecule has 1 aliphatic heterocycles. The van der Waals surface area contributed by atoms with E-state index < -0.39 is 0 Å². The van der Waals surface area contributed by atoms with Crippen LogP contribution in [0.2, 0.25) is 0 Å². The van der Waals surface area contributed by atoms with Gasteiger partial charge in [-0.3, -0.25) is 4.79 Å². The molecule has 5 rings (SSSR count). The Balaban J connectivity index is 1.39. The molecule has 0 spiro atoms. The second-order valence-corrected chi connectivity index (χ2v) is 8.69. The van der Waals surface area contributed by atoms with Gasteiger partial charge in [-0.05, 0) is 61.7 Å². The maximum Gasteiger partial charge on any atom is 0.278 e. The minimum absolute atomic E-state index is 0.188. The minimum atomic E-state index is -0.188. The lowest BCUT2D eigenvalue weighted by Gasteiger charge is -2.31. The Bertz CT molecular complexity index is 1350. The Morgan fingerprint density at radius 3 is 2.60 bits per heavy atom. The third-order valence-corrected chi connectivity index (χ3v) is 6.49. The summed E-state index contributed by atoms with van der Waals surface area (Å²) in [4.78, 5) is 28.8. The van der Waals surface area contributed by atoms with Crippen molar-refractivity contribution in [2.75, 3.05) is 31.6 Å². The monoisotopic (exact) mass is 471 g/mol. The molecule has 2 N–H and O–H groups in total. The van der Waals surface area contributed by atoms with E-state index in [1.807, 2.05) is 30.3 Å². The van der Waals surface area contributed by atoms with Crippen LogP contribution in [0.15, 0.2) is 72.3 Å². The predicted molar refractivity (Wildman–Crippen MR) is 136 cm³/mol. The molecular formula is C26H29N7O2. The van der Waals surface area contributed by atoms with Gasteiger partial charge in [0.05, 0.1) is 13.2 Å². The molecule has 0 aliphatic carbocycles. The summed E-state index contributed by atoms with van der Waals surface area (Å²) in [5.74, 6) is 1.53. The average molecular weight is 472 g/mol. The molecule has 35 heavy (non-hydrogen) atoms. The Morgan fingerprint density at radius 1 is 1.11 bits per heavy atom. The molecule has 9 nitrogen and oxygen atoms in total. The van der Waals surface area contributed by atoms with Crippen LogP contribution < -0.4 is 10.9 Å². The zero-order valence-corrected chi connectivity index (χ0v) is 19.5. The van der Waals surface area contributed by atoms with Crippen molar-refractivity contribution < 1.29 is 5.11 Å². The van der Waals surface area contributed by atoms with E-state index in [4.69, 9.17) is 5.11 Å². The Labute approximate surface area is 203 Å². The van der Waals surface area contributed by atoms with E-state index in [9.17, 15) is 4.79 Å². The van der Waals surface area contributed by atoms with Gasteiger partial charge in [-0.15, -0.1) is 6.58 Å². The molecule has 9 heteroatoms. The first-order valence-electron chi connectivity index (χ1n) is 11.9. The topological polar surface area (TPSA) is 101 Å². The second kappa shape index (κ2) is 10.2. The number of hydrogen-bond donors (Lipinski definition) is 2. The van der Waals surface area contributed by atoms with Crippen LogP contribution in [0, 0.1) is 0 Å². The number of benzene rings is 1. The number of aliphatic hydroxyl groups is 1. The smallest absolute Gasteiger partial charge is 0.278 e. The van der Waals surface area contributed by atoms with Crippen molar-refractivity contribution in [1.29, 1.82) is 0 Å². The molecule has 4 heterocycles. The number of anilines is 2. The van der Waals surface area contributed by atoms with E-state index in [2.05, 4.69) is 43.9 Å². The maximum absolute atomic E-state index is 13.0. The summed E-state index contributed by atoms with van der Waals surface area (Å²) in [6.07, 6.45) is 7.10. The van der Waals surface area contributed by atoms with Crippen LogP contribution in [0.25, 0.3) is 16.9 Å². The predicted octanol–water partition coefficient (Wildman–Crippen LogP) is 3.08. The van der Waals surface area contributed by atoms with Gasteiger partial charge in [-0.2, -0.15) is 4.98 Å². The number of hydrogen-bond acceptors (Lipinski definition) is 7. The highest BCUT2D eigenvalue weighted by Gasteiger charge is 2.20. The van der Waals surface area contributed by atoms with Crippen LogP contribution in [0.1, 0.15) is 24.3 Å². The molecule has 1 aliphatic rings. The number of allylic oxidation sites excluding steroid dienone is 1. The number of likely N-dealkylation sites (tertiary alicyclic amines) is 1. The average Bonchev–Trinajstić information content (AvgIpc) is 3.17. The Morgan fingerprint density at radius 2 is 1.91 bits per heavy atom. The van der Waals surface area contributed by atoms with Crippen molar-refractivity contribution >= 4 is 22.7 Å². The summed E-state index contributed by atoms with van der Waals surface area (Å²) in [7, 11) is 0. The first kappa shape index (κ1) is 22.9. The fourth-order valence-electron chi connectivity index (χ4n) is 4.69. The highest BCUT2D eigenvalue weighted by Crippen LogP contribution is 2.29. The molecule has 3 aromatic heterocycles. The third kappa shape index (κ3) is 4.73. The molecule has 0 amide bonds. The Hall–Kier alpha value is -3.82. The van der Waals surface area contributed by atoms with E-state index in [-0.39, 0.29) is 12.2 Å². The zero-order chi connectivity index (χ0) is 24.2. The van der Waals surface area contributed by atoms with Crippen molar-refractivity contribution in [3.63, 3.8) is 0 Å². The number of aliphatic hydroxyl groups excluding tert-OH is 1. The molecule has 0 radical (unpaired) electrons. The van der Waals surface area contributed by atoms with Gasteiger partial charge >= 0.3 is 0 Å². The normalized spacial score (nSPS) is 14.9. The molecular weight excluding hydrogens is 442 g/mol. The fourth-order valence-corrected chi connectivity index (χ4v) is 4.69. The van der Waals surface area contributed by atoms with Gasteiger partial charge in [0.25, 0.3) is 5.56 Å². The van der Waals surface area contributed by atoms with Crippen molar-refractivity contribution in [3.8, 4) is 5.82 Å². The highest BCUT2D eigenvalue weighted by atomic mass is 16.3. The summed E-state index contributed by atoms with van der Waals surface area (Å²) in [5, 5.41) is 12.8. The van der Waals surface area contributed by atoms with Crippen molar-refractivity contribution in [3.05, 3.63) is 83.4 Å². The summed E-state index contributed by atoms with van der Waals surface area (Å²) < 4.78 is 3.26. The summed E-state index contributed by atoms with van der Waals surface area (Å²) in [5.41, 5.74) is 2.50. The van der Waals surface area contributed by atoms with Gasteiger partial charge in [0, 0.05) is 24.6 Å². The van der Waals surface area contributed by atoms with Crippen LogP contribution in [0.4, 0.5) is 11.6 Å². The molecule has 0 atom stereocenters. The van der Waals surface area contributed by atoms with Gasteiger partial charge in [0.15, 0.2) is 11.5 Å². The van der Waals surface area contributed by atoms with E-state index >= 15 is 0 Å². The third-order valence-electron chi connectivity index (χ3n) is 6.49. The number of piperidine rings is 1. The number of pyridine rings is 1. The van der Waals surface area contributed by atoms with Gasteiger partial charge in [-0.1, -0.05) is 24.3 Å². The van der Waals surface area contributed by atoms with Crippen molar-refractivity contribution in [2.24, 2.45) is 0 Å². The quantitative estimate of drug-likeness (QED) is 0.381. The lowest BCUT2D eigenvalue weighted by atomic mass is 9.89. The van der Waals surface area contributed by atoms with E-state index in [1.165, 1.54) is 5.56 Å². The molecule has 1 aromatic carbocycles. The fraction of sp³-hybridized carbons (Fsp3) is 0.308. The number of aromatic nitrogens is 5. The van der Waals surface area contributed by atoms with Crippen LogP contribution in [0.3, 0.4) is 0 Å². The van der Waals surface area contributed by atoms with E-state index in [0.29, 0.717) is 35.3 Å². The van der Waals surface area contributed by atoms with Gasteiger partial charge in [0.1, 0.15) is 5.39 Å². The largest absolute Gasteiger partial charge is 0.395 e. The maximum atomic E-state index is 13.0. The lowest BCUT2D eigenvalue weighted by Crippen LogP contribution is -2.34. The van der Waals surface area contributed by atoms with Gasteiger partial charge in [0.2, 0.25) is 5.95 Å². The van der Waals surface area contributed by atoms with E-state index in [0.717, 1.165) is 38.2 Å². The summed E-state index contributed by atoms with van der Waals surface area (Å²) >= 11 is 0. The molecule has 0 bridgehead atoms. The molecule has 4 aromatic rings. The second-order valence-electron chi connectivity index (χ2n) is 8.69. The zero-order valence-electron chi connectivity index (χ0n) is 19.5. The minimum Gasteiger partial charge on any atom is -0.395 e. The SMILES string of the molecule is C=CCn1c(=O)c2cnc(Nc3ccc(C4CCN(CCO)CC4)cc3)nc2n1-c1ccccn1. The van der Waals surface area contributed by atoms with Gasteiger partial charge in [-0.25, -0.2) is 19.3 Å². The number of β-amino-alcohol motifs (C(OH)–C–C–N with tert-alkyl or cyclic N) is 1. The first-order valence-corrected chi connectivity index (χ1v) is 11.9. The van der Waals surface area contributed by atoms with Crippen LogP contribution >= 0.6 is 0 Å². The molecule has 1 fully saturated rings. The van der Waals surface area contributed by atoms with Crippen LogP contribution in [-0.2, 0) is 6.54 Å². The Kier molecular flexibility index (Phi) is 6.69. The number of rotatable bonds is 8. The number of nitrogens with zero attached hydrogens (tertiary/aromatic N) is 6. The van der Waals surface area contributed by atoms with Crippen LogP contribution in [-0.4, -0.2) is 60.6 Å². The lowest BCUT2D eigenvalue weighted by molar-refractivity contribution is 0.164. The first-order chi connectivity index (χ1) is 17.2.